The van der Waals surface area contributed by atoms with E-state index in [2.05, 4.69) is 5.32 Å². The van der Waals surface area contributed by atoms with Crippen LogP contribution in [0.4, 0.5) is 11.4 Å². The van der Waals surface area contributed by atoms with Crippen LogP contribution in [0.5, 0.6) is 5.75 Å². The van der Waals surface area contributed by atoms with Crippen LogP contribution in [0.3, 0.4) is 0 Å². The summed E-state index contributed by atoms with van der Waals surface area (Å²) >= 11 is 0. The number of nitro groups is 1. The highest BCUT2D eigenvalue weighted by molar-refractivity contribution is 6.04. The first-order valence-corrected chi connectivity index (χ1v) is 7.88. The highest BCUT2D eigenvalue weighted by Gasteiger charge is 2.12. The van der Waals surface area contributed by atoms with Crippen molar-refractivity contribution in [3.63, 3.8) is 0 Å². The van der Waals surface area contributed by atoms with Crippen molar-refractivity contribution in [1.29, 1.82) is 0 Å². The topological polar surface area (TPSA) is 90.7 Å². The molecule has 2 rings (SSSR count). The van der Waals surface area contributed by atoms with Crippen molar-refractivity contribution < 1.29 is 19.2 Å². The molecule has 0 aliphatic carbocycles. The minimum absolute atomic E-state index is 0.0704. The molecule has 0 spiro atoms. The molecule has 0 atom stereocenters. The number of carbonyl (C=O) groups excluding carboxylic acids is 1. The third kappa shape index (κ3) is 5.29. The summed E-state index contributed by atoms with van der Waals surface area (Å²) in [7, 11) is 0. The summed E-state index contributed by atoms with van der Waals surface area (Å²) < 4.78 is 10.7. The van der Waals surface area contributed by atoms with Crippen LogP contribution < -0.4 is 10.1 Å². The first-order chi connectivity index (χ1) is 12.0. The SMILES string of the molecule is CCOCCOc1ccc(C(=O)Nc2cc([N+](=O)[O-])ccc2C)cc1. The number of non-ortho nitro benzene ring substituents is 1. The maximum atomic E-state index is 12.3. The summed E-state index contributed by atoms with van der Waals surface area (Å²) in [5.74, 6) is 0.298. The molecular formula is C18H20N2O5. The summed E-state index contributed by atoms with van der Waals surface area (Å²) in [6.45, 7) is 5.27. The highest BCUT2D eigenvalue weighted by Crippen LogP contribution is 2.22. The Morgan fingerprint density at radius 1 is 1.16 bits per heavy atom. The van der Waals surface area contributed by atoms with Crippen molar-refractivity contribution in [3.05, 3.63) is 63.7 Å². The molecule has 1 amide bonds. The van der Waals surface area contributed by atoms with Gasteiger partial charge < -0.3 is 14.8 Å². The van der Waals surface area contributed by atoms with Crippen LogP contribution in [0.1, 0.15) is 22.8 Å². The van der Waals surface area contributed by atoms with Crippen LogP contribution in [-0.4, -0.2) is 30.7 Å². The molecule has 0 saturated carbocycles. The van der Waals surface area contributed by atoms with Gasteiger partial charge in [0, 0.05) is 24.3 Å². The van der Waals surface area contributed by atoms with Gasteiger partial charge in [0.25, 0.3) is 11.6 Å². The second-order valence-corrected chi connectivity index (χ2v) is 5.28. The third-order valence-corrected chi connectivity index (χ3v) is 3.50. The first kappa shape index (κ1) is 18.4. The second-order valence-electron chi connectivity index (χ2n) is 5.28. The summed E-state index contributed by atoms with van der Waals surface area (Å²) in [6.07, 6.45) is 0. The van der Waals surface area contributed by atoms with E-state index < -0.39 is 4.92 Å². The maximum absolute atomic E-state index is 12.3. The molecule has 0 aliphatic rings. The smallest absolute Gasteiger partial charge is 0.271 e. The lowest BCUT2D eigenvalue weighted by atomic mass is 10.1. The summed E-state index contributed by atoms with van der Waals surface area (Å²) in [5, 5.41) is 13.6. The van der Waals surface area contributed by atoms with Gasteiger partial charge in [-0.25, -0.2) is 0 Å². The average molecular weight is 344 g/mol. The monoisotopic (exact) mass is 344 g/mol. The fourth-order valence-corrected chi connectivity index (χ4v) is 2.12. The molecule has 2 aromatic rings. The minimum atomic E-state index is -0.497. The number of nitro benzene ring substituents is 1. The first-order valence-electron chi connectivity index (χ1n) is 7.88. The molecule has 0 saturated heterocycles. The van der Waals surface area contributed by atoms with Gasteiger partial charge in [-0.2, -0.15) is 0 Å². The Morgan fingerprint density at radius 3 is 2.52 bits per heavy atom. The molecule has 7 heteroatoms. The van der Waals surface area contributed by atoms with Crippen molar-refractivity contribution in [1.82, 2.24) is 0 Å². The Kier molecular flexibility index (Phi) is 6.47. The van der Waals surface area contributed by atoms with E-state index in [1.54, 1.807) is 37.3 Å². The molecule has 2 aromatic carbocycles. The van der Waals surface area contributed by atoms with E-state index in [1.165, 1.54) is 12.1 Å². The fraction of sp³-hybridized carbons (Fsp3) is 0.278. The van der Waals surface area contributed by atoms with E-state index in [0.29, 0.717) is 36.8 Å². The lowest BCUT2D eigenvalue weighted by Crippen LogP contribution is -2.13. The van der Waals surface area contributed by atoms with E-state index in [-0.39, 0.29) is 11.6 Å². The van der Waals surface area contributed by atoms with Crippen molar-refractivity contribution in [3.8, 4) is 5.75 Å². The number of anilines is 1. The average Bonchev–Trinajstić information content (AvgIpc) is 2.61. The van der Waals surface area contributed by atoms with Gasteiger partial charge in [-0.15, -0.1) is 0 Å². The zero-order valence-electron chi connectivity index (χ0n) is 14.2. The molecule has 0 aliphatic heterocycles. The molecule has 7 nitrogen and oxygen atoms in total. The van der Waals surface area contributed by atoms with Gasteiger partial charge in [-0.05, 0) is 43.7 Å². The van der Waals surface area contributed by atoms with Gasteiger partial charge >= 0.3 is 0 Å². The second kappa shape index (κ2) is 8.79. The number of aryl methyl sites for hydroxylation is 1. The zero-order chi connectivity index (χ0) is 18.2. The number of benzene rings is 2. The third-order valence-electron chi connectivity index (χ3n) is 3.50. The van der Waals surface area contributed by atoms with Crippen LogP contribution in [0, 0.1) is 17.0 Å². The van der Waals surface area contributed by atoms with Crippen LogP contribution in [-0.2, 0) is 4.74 Å². The molecule has 25 heavy (non-hydrogen) atoms. The number of hydrogen-bond donors (Lipinski definition) is 1. The molecule has 0 unspecified atom stereocenters. The number of rotatable bonds is 8. The van der Waals surface area contributed by atoms with E-state index in [1.807, 2.05) is 6.92 Å². The Bertz CT molecular complexity index is 744. The van der Waals surface area contributed by atoms with Gasteiger partial charge in [0.15, 0.2) is 0 Å². The van der Waals surface area contributed by atoms with Crippen LogP contribution in [0.2, 0.25) is 0 Å². The van der Waals surface area contributed by atoms with Gasteiger partial charge in [0.1, 0.15) is 12.4 Å². The largest absolute Gasteiger partial charge is 0.491 e. The standard InChI is InChI=1S/C18H20N2O5/c1-3-24-10-11-25-16-8-5-14(6-9-16)18(21)19-17-12-15(20(22)23)7-4-13(17)2/h4-9,12H,3,10-11H2,1-2H3,(H,19,21). The fourth-order valence-electron chi connectivity index (χ4n) is 2.12. The van der Waals surface area contributed by atoms with Crippen molar-refractivity contribution in [2.45, 2.75) is 13.8 Å². The number of hydrogen-bond acceptors (Lipinski definition) is 5. The van der Waals surface area contributed by atoms with Crippen molar-refractivity contribution >= 4 is 17.3 Å². The number of carbonyl (C=O) groups is 1. The lowest BCUT2D eigenvalue weighted by Gasteiger charge is -2.09. The predicted octanol–water partition coefficient (Wildman–Crippen LogP) is 3.57. The van der Waals surface area contributed by atoms with E-state index in [0.717, 1.165) is 5.56 Å². The Hall–Kier alpha value is -2.93. The summed E-state index contributed by atoms with van der Waals surface area (Å²) in [5.41, 5.74) is 1.52. The molecular weight excluding hydrogens is 324 g/mol. The van der Waals surface area contributed by atoms with E-state index in [9.17, 15) is 14.9 Å². The number of amides is 1. The van der Waals surface area contributed by atoms with Crippen LogP contribution >= 0.6 is 0 Å². The summed E-state index contributed by atoms with van der Waals surface area (Å²) in [6, 6.07) is 11.0. The Balaban J connectivity index is 2.01. The van der Waals surface area contributed by atoms with Gasteiger partial charge in [-0.3, -0.25) is 14.9 Å². The molecule has 132 valence electrons. The normalized spacial score (nSPS) is 10.3. The van der Waals surface area contributed by atoms with Crippen LogP contribution in [0.25, 0.3) is 0 Å². The number of nitrogens with one attached hydrogen (secondary N) is 1. The molecule has 0 radical (unpaired) electrons. The maximum Gasteiger partial charge on any atom is 0.271 e. The minimum Gasteiger partial charge on any atom is -0.491 e. The van der Waals surface area contributed by atoms with Gasteiger partial charge in [0.05, 0.1) is 17.2 Å². The molecule has 0 bridgehead atoms. The number of nitrogens with zero attached hydrogens (tertiary/aromatic N) is 1. The van der Waals surface area contributed by atoms with Crippen LogP contribution in [0.15, 0.2) is 42.5 Å². The quantitative estimate of drug-likeness (QED) is 0.449. The zero-order valence-corrected chi connectivity index (χ0v) is 14.2. The highest BCUT2D eigenvalue weighted by atomic mass is 16.6. The van der Waals surface area contributed by atoms with Gasteiger partial charge in [-0.1, -0.05) is 6.07 Å². The lowest BCUT2D eigenvalue weighted by molar-refractivity contribution is -0.384. The molecule has 1 N–H and O–H groups in total. The number of ether oxygens (including phenoxy) is 2. The van der Waals surface area contributed by atoms with E-state index >= 15 is 0 Å². The van der Waals surface area contributed by atoms with E-state index in [4.69, 9.17) is 9.47 Å². The Morgan fingerprint density at radius 2 is 1.88 bits per heavy atom. The van der Waals surface area contributed by atoms with Gasteiger partial charge in [0.2, 0.25) is 0 Å². The molecule has 0 aromatic heterocycles. The molecule has 0 fully saturated rings. The summed E-state index contributed by atoms with van der Waals surface area (Å²) in [4.78, 5) is 22.7. The predicted molar refractivity (Wildman–Crippen MR) is 94.2 cm³/mol. The Labute approximate surface area is 145 Å². The molecule has 0 heterocycles. The van der Waals surface area contributed by atoms with Crippen molar-refractivity contribution in [2.24, 2.45) is 0 Å². The van der Waals surface area contributed by atoms with Crippen molar-refractivity contribution in [2.75, 3.05) is 25.1 Å².